The Kier molecular flexibility index (Phi) is 2.99. The van der Waals surface area contributed by atoms with Gasteiger partial charge >= 0.3 is 0 Å². The normalized spacial score (nSPS) is 11.1. The van der Waals surface area contributed by atoms with E-state index in [1.165, 1.54) is 17.3 Å². The minimum absolute atomic E-state index is 0.504. The zero-order chi connectivity index (χ0) is 10.7. The van der Waals surface area contributed by atoms with Gasteiger partial charge < -0.3 is 0 Å². The van der Waals surface area contributed by atoms with Crippen molar-refractivity contribution in [3.8, 4) is 0 Å². The number of rotatable bonds is 2. The van der Waals surface area contributed by atoms with Crippen molar-refractivity contribution in [2.24, 2.45) is 5.10 Å². The van der Waals surface area contributed by atoms with Gasteiger partial charge in [0.05, 0.1) is 16.3 Å². The molecular weight excluding hydrogens is 235 g/mol. The van der Waals surface area contributed by atoms with Crippen LogP contribution < -0.4 is 0 Å². The molecule has 1 aromatic heterocycles. The Balaban J connectivity index is 2.21. The third kappa shape index (κ3) is 2.55. The molecule has 2 aromatic rings. The molecule has 0 atom stereocenters. The summed E-state index contributed by atoms with van der Waals surface area (Å²) in [5.74, 6) is 0. The Morgan fingerprint density at radius 3 is 2.53 bits per heavy atom. The maximum Gasteiger partial charge on any atom is 0.141 e. The fraction of sp³-hybridized carbons (Fsp3) is 0. The van der Waals surface area contributed by atoms with Gasteiger partial charge in [-0.3, -0.25) is 0 Å². The lowest BCUT2D eigenvalue weighted by Gasteiger charge is -1.96. The molecule has 0 aliphatic rings. The molecule has 0 N–H and O–H groups in total. The third-order valence-electron chi connectivity index (χ3n) is 1.69. The first kappa shape index (κ1) is 10.1. The van der Waals surface area contributed by atoms with Crippen LogP contribution in [0, 0.1) is 0 Å². The number of aromatic nitrogens is 3. The van der Waals surface area contributed by atoms with Crippen molar-refractivity contribution < 1.29 is 0 Å². The summed E-state index contributed by atoms with van der Waals surface area (Å²) in [6.45, 7) is 0. The van der Waals surface area contributed by atoms with E-state index in [1.807, 2.05) is 6.07 Å². The number of hydrogen-bond acceptors (Lipinski definition) is 3. The highest BCUT2D eigenvalue weighted by atomic mass is 35.5. The number of nitrogens with zero attached hydrogens (tertiary/aromatic N) is 4. The molecule has 15 heavy (non-hydrogen) atoms. The fourth-order valence-corrected chi connectivity index (χ4v) is 1.29. The highest BCUT2D eigenvalue weighted by Crippen LogP contribution is 2.21. The zero-order valence-corrected chi connectivity index (χ0v) is 9.02. The van der Waals surface area contributed by atoms with Gasteiger partial charge in [0.25, 0.3) is 0 Å². The average molecular weight is 241 g/mol. The van der Waals surface area contributed by atoms with Gasteiger partial charge in [0.2, 0.25) is 0 Å². The molecule has 0 aliphatic carbocycles. The van der Waals surface area contributed by atoms with Crippen LogP contribution in [0.2, 0.25) is 10.0 Å². The number of benzene rings is 1. The van der Waals surface area contributed by atoms with Crippen molar-refractivity contribution in [2.45, 2.75) is 0 Å². The number of hydrogen-bond donors (Lipinski definition) is 0. The van der Waals surface area contributed by atoms with Gasteiger partial charge in [-0.1, -0.05) is 29.3 Å². The Morgan fingerprint density at radius 2 is 1.87 bits per heavy atom. The Morgan fingerprint density at radius 1 is 1.13 bits per heavy atom. The van der Waals surface area contributed by atoms with Gasteiger partial charge in [-0.15, -0.1) is 10.2 Å². The first-order valence-electron chi connectivity index (χ1n) is 4.10. The van der Waals surface area contributed by atoms with E-state index in [0.29, 0.717) is 10.0 Å². The Bertz CT molecular complexity index is 479. The molecule has 0 spiro atoms. The van der Waals surface area contributed by atoms with Gasteiger partial charge in [-0.25, -0.2) is 4.68 Å². The lowest BCUT2D eigenvalue weighted by Crippen LogP contribution is -1.87. The molecule has 0 saturated heterocycles. The average Bonchev–Trinajstić information content (AvgIpc) is 2.73. The molecule has 4 nitrogen and oxygen atoms in total. The van der Waals surface area contributed by atoms with Crippen LogP contribution in [0.1, 0.15) is 5.56 Å². The van der Waals surface area contributed by atoms with E-state index in [1.54, 1.807) is 18.3 Å². The molecule has 1 aromatic carbocycles. The van der Waals surface area contributed by atoms with Gasteiger partial charge in [0, 0.05) is 0 Å². The lowest BCUT2D eigenvalue weighted by molar-refractivity contribution is 0.878. The van der Waals surface area contributed by atoms with Crippen molar-refractivity contribution >= 4 is 29.4 Å². The van der Waals surface area contributed by atoms with E-state index in [4.69, 9.17) is 23.2 Å². The quantitative estimate of drug-likeness (QED) is 0.758. The van der Waals surface area contributed by atoms with E-state index in [-0.39, 0.29) is 0 Å². The van der Waals surface area contributed by atoms with Crippen LogP contribution in [0.15, 0.2) is 36.0 Å². The second-order valence-electron chi connectivity index (χ2n) is 2.76. The lowest BCUT2D eigenvalue weighted by atomic mass is 10.2. The summed E-state index contributed by atoms with van der Waals surface area (Å²) >= 11 is 11.6. The SMILES string of the molecule is Clc1ccc(/C=N/n2cnnc2)cc1Cl. The smallest absolute Gasteiger partial charge is 0.141 e. The van der Waals surface area contributed by atoms with Crippen LogP contribution in [-0.2, 0) is 0 Å². The summed E-state index contributed by atoms with van der Waals surface area (Å²) in [6.07, 6.45) is 4.63. The minimum atomic E-state index is 0.504. The highest BCUT2D eigenvalue weighted by molar-refractivity contribution is 6.42. The highest BCUT2D eigenvalue weighted by Gasteiger charge is 1.96. The summed E-state index contributed by atoms with van der Waals surface area (Å²) in [5, 5.41) is 12.3. The summed E-state index contributed by atoms with van der Waals surface area (Å²) in [6, 6.07) is 5.28. The van der Waals surface area contributed by atoms with Gasteiger partial charge in [-0.2, -0.15) is 5.10 Å². The van der Waals surface area contributed by atoms with Crippen molar-refractivity contribution in [2.75, 3.05) is 0 Å². The Labute approximate surface area is 96.2 Å². The summed E-state index contributed by atoms with van der Waals surface area (Å²) in [4.78, 5) is 0. The molecular formula is C9H6Cl2N4. The van der Waals surface area contributed by atoms with Gasteiger partial charge in [0.15, 0.2) is 0 Å². The summed E-state index contributed by atoms with van der Waals surface area (Å²) in [7, 11) is 0. The molecule has 0 amide bonds. The van der Waals surface area contributed by atoms with Crippen LogP contribution in [0.25, 0.3) is 0 Å². The fourth-order valence-electron chi connectivity index (χ4n) is 0.981. The van der Waals surface area contributed by atoms with Crippen molar-refractivity contribution in [3.63, 3.8) is 0 Å². The van der Waals surface area contributed by atoms with Gasteiger partial charge in [0.1, 0.15) is 12.7 Å². The second-order valence-corrected chi connectivity index (χ2v) is 3.57. The molecule has 0 aliphatic heterocycles. The molecule has 2 rings (SSSR count). The molecule has 0 saturated carbocycles. The predicted octanol–water partition coefficient (Wildman–Crippen LogP) is 2.47. The van der Waals surface area contributed by atoms with Crippen LogP contribution in [0.4, 0.5) is 0 Å². The standard InChI is InChI=1S/C9H6Cl2N4/c10-8-2-1-7(3-9(8)11)4-14-15-5-12-13-6-15/h1-6H/b14-4+. The van der Waals surface area contributed by atoms with E-state index in [9.17, 15) is 0 Å². The molecule has 6 heteroatoms. The van der Waals surface area contributed by atoms with Crippen molar-refractivity contribution in [1.82, 2.24) is 14.9 Å². The van der Waals surface area contributed by atoms with Crippen molar-refractivity contribution in [1.29, 1.82) is 0 Å². The minimum Gasteiger partial charge on any atom is -0.208 e. The summed E-state index contributed by atoms with van der Waals surface area (Å²) in [5.41, 5.74) is 0.859. The molecule has 1 heterocycles. The molecule has 0 radical (unpaired) electrons. The van der Waals surface area contributed by atoms with E-state index < -0.39 is 0 Å². The summed E-state index contributed by atoms with van der Waals surface area (Å²) < 4.78 is 1.49. The molecule has 0 bridgehead atoms. The van der Waals surface area contributed by atoms with E-state index in [2.05, 4.69) is 15.3 Å². The third-order valence-corrected chi connectivity index (χ3v) is 2.43. The zero-order valence-electron chi connectivity index (χ0n) is 7.51. The first-order chi connectivity index (χ1) is 7.25. The maximum atomic E-state index is 5.85. The molecule has 76 valence electrons. The van der Waals surface area contributed by atoms with Crippen LogP contribution in [0.5, 0.6) is 0 Å². The second kappa shape index (κ2) is 4.42. The van der Waals surface area contributed by atoms with Crippen molar-refractivity contribution in [3.05, 3.63) is 46.5 Å². The van der Waals surface area contributed by atoms with Crippen LogP contribution in [-0.4, -0.2) is 21.1 Å². The predicted molar refractivity (Wildman–Crippen MR) is 59.5 cm³/mol. The Hall–Kier alpha value is -1.39. The topological polar surface area (TPSA) is 43.1 Å². The van der Waals surface area contributed by atoms with E-state index >= 15 is 0 Å². The number of halogens is 2. The largest absolute Gasteiger partial charge is 0.208 e. The first-order valence-corrected chi connectivity index (χ1v) is 4.85. The van der Waals surface area contributed by atoms with Gasteiger partial charge in [-0.05, 0) is 17.7 Å². The van der Waals surface area contributed by atoms with Crippen LogP contribution in [0.3, 0.4) is 0 Å². The molecule has 0 unspecified atom stereocenters. The molecule has 0 fully saturated rings. The van der Waals surface area contributed by atoms with Crippen LogP contribution >= 0.6 is 23.2 Å². The monoisotopic (exact) mass is 240 g/mol. The van der Waals surface area contributed by atoms with E-state index in [0.717, 1.165) is 5.56 Å². The maximum absolute atomic E-state index is 5.85.